The topological polar surface area (TPSA) is 32.3 Å². The van der Waals surface area contributed by atoms with Crippen LogP contribution in [-0.4, -0.2) is 29.6 Å². The molecule has 1 amide bonds. The molecule has 2 aliphatic rings. The molecule has 122 valence electrons. The fourth-order valence-electron chi connectivity index (χ4n) is 4.15. The first-order valence-corrected chi connectivity index (χ1v) is 9.09. The molecular formula is C18H34N2O. The van der Waals surface area contributed by atoms with Gasteiger partial charge >= 0.3 is 0 Å². The van der Waals surface area contributed by atoms with Crippen LogP contribution in [0.3, 0.4) is 0 Å². The third-order valence-corrected chi connectivity index (χ3v) is 5.32. The third-order valence-electron chi connectivity index (χ3n) is 5.32. The lowest BCUT2D eigenvalue weighted by molar-refractivity contribution is -0.130. The van der Waals surface area contributed by atoms with E-state index >= 15 is 0 Å². The van der Waals surface area contributed by atoms with Gasteiger partial charge in [0.2, 0.25) is 5.91 Å². The Morgan fingerprint density at radius 3 is 2.67 bits per heavy atom. The van der Waals surface area contributed by atoms with E-state index in [0.717, 1.165) is 31.2 Å². The van der Waals surface area contributed by atoms with Crippen LogP contribution in [0.2, 0.25) is 0 Å². The fourth-order valence-corrected chi connectivity index (χ4v) is 4.15. The van der Waals surface area contributed by atoms with Crippen LogP contribution in [0.15, 0.2) is 0 Å². The molecule has 4 unspecified atom stereocenters. The van der Waals surface area contributed by atoms with Crippen molar-refractivity contribution in [2.75, 3.05) is 6.54 Å². The SMILES string of the molecule is CCCC1NC(C(C)C)N(CCC2CCCC(C)C2)C1=O. The van der Waals surface area contributed by atoms with E-state index in [1.807, 2.05) is 0 Å². The predicted octanol–water partition coefficient (Wildman–Crippen LogP) is 3.79. The van der Waals surface area contributed by atoms with Gasteiger partial charge in [-0.05, 0) is 37.0 Å². The number of carbonyl (C=O) groups excluding carboxylic acids is 1. The molecule has 0 aromatic carbocycles. The Kier molecular flexibility index (Phi) is 6.09. The minimum Gasteiger partial charge on any atom is -0.326 e. The average Bonchev–Trinajstić information content (AvgIpc) is 2.74. The van der Waals surface area contributed by atoms with Gasteiger partial charge in [-0.2, -0.15) is 0 Å². The third kappa shape index (κ3) is 4.21. The van der Waals surface area contributed by atoms with Gasteiger partial charge in [0.1, 0.15) is 0 Å². The normalized spacial score (nSPS) is 34.0. The molecule has 1 saturated carbocycles. The molecule has 0 radical (unpaired) electrons. The Labute approximate surface area is 130 Å². The first-order valence-electron chi connectivity index (χ1n) is 9.09. The zero-order valence-corrected chi connectivity index (χ0v) is 14.4. The van der Waals surface area contributed by atoms with Gasteiger partial charge in [0.25, 0.3) is 0 Å². The van der Waals surface area contributed by atoms with Crippen molar-refractivity contribution in [3.05, 3.63) is 0 Å². The maximum absolute atomic E-state index is 12.6. The predicted molar refractivity (Wildman–Crippen MR) is 87.9 cm³/mol. The monoisotopic (exact) mass is 294 g/mol. The van der Waals surface area contributed by atoms with Crippen molar-refractivity contribution in [1.29, 1.82) is 0 Å². The van der Waals surface area contributed by atoms with E-state index in [4.69, 9.17) is 0 Å². The van der Waals surface area contributed by atoms with E-state index in [0.29, 0.717) is 11.8 Å². The van der Waals surface area contributed by atoms with Gasteiger partial charge in [0.15, 0.2) is 0 Å². The maximum atomic E-state index is 12.6. The van der Waals surface area contributed by atoms with E-state index in [1.54, 1.807) is 0 Å². The molecule has 1 aliphatic carbocycles. The number of nitrogens with zero attached hydrogens (tertiary/aromatic N) is 1. The molecule has 0 spiro atoms. The van der Waals surface area contributed by atoms with Crippen LogP contribution in [0.1, 0.15) is 72.6 Å². The number of rotatable bonds is 6. The molecule has 0 aromatic heterocycles. The van der Waals surface area contributed by atoms with E-state index in [9.17, 15) is 4.79 Å². The van der Waals surface area contributed by atoms with Gasteiger partial charge in [0.05, 0.1) is 12.2 Å². The number of hydrogen-bond donors (Lipinski definition) is 1. The maximum Gasteiger partial charge on any atom is 0.241 e. The summed E-state index contributed by atoms with van der Waals surface area (Å²) in [5.74, 6) is 2.55. The second-order valence-electron chi connectivity index (χ2n) is 7.65. The van der Waals surface area contributed by atoms with Crippen molar-refractivity contribution in [3.8, 4) is 0 Å². The van der Waals surface area contributed by atoms with Crippen LogP contribution in [0, 0.1) is 17.8 Å². The molecular weight excluding hydrogens is 260 g/mol. The van der Waals surface area contributed by atoms with Gasteiger partial charge in [-0.25, -0.2) is 0 Å². The van der Waals surface area contributed by atoms with Gasteiger partial charge < -0.3 is 4.90 Å². The highest BCUT2D eigenvalue weighted by molar-refractivity contribution is 5.84. The van der Waals surface area contributed by atoms with Crippen molar-refractivity contribution in [3.63, 3.8) is 0 Å². The number of hydrogen-bond acceptors (Lipinski definition) is 2. The van der Waals surface area contributed by atoms with Crippen molar-refractivity contribution in [2.24, 2.45) is 17.8 Å². The van der Waals surface area contributed by atoms with Gasteiger partial charge in [-0.3, -0.25) is 10.1 Å². The van der Waals surface area contributed by atoms with Crippen molar-refractivity contribution in [1.82, 2.24) is 10.2 Å². The molecule has 3 nitrogen and oxygen atoms in total. The molecule has 21 heavy (non-hydrogen) atoms. The Bertz CT molecular complexity index is 342. The van der Waals surface area contributed by atoms with E-state index in [2.05, 4.69) is 37.9 Å². The first kappa shape index (κ1) is 16.8. The van der Waals surface area contributed by atoms with E-state index in [1.165, 1.54) is 32.1 Å². The molecule has 1 aliphatic heterocycles. The first-order chi connectivity index (χ1) is 10.0. The van der Waals surface area contributed by atoms with Crippen LogP contribution in [0.4, 0.5) is 0 Å². The van der Waals surface area contributed by atoms with E-state index < -0.39 is 0 Å². The Balaban J connectivity index is 1.91. The lowest BCUT2D eigenvalue weighted by atomic mass is 9.81. The Morgan fingerprint density at radius 2 is 2.05 bits per heavy atom. The van der Waals surface area contributed by atoms with Crippen molar-refractivity contribution in [2.45, 2.75) is 84.8 Å². The summed E-state index contributed by atoms with van der Waals surface area (Å²) in [5.41, 5.74) is 0. The van der Waals surface area contributed by atoms with Crippen LogP contribution in [0.5, 0.6) is 0 Å². The van der Waals surface area contributed by atoms with Gasteiger partial charge in [-0.15, -0.1) is 0 Å². The largest absolute Gasteiger partial charge is 0.326 e. The molecule has 2 rings (SSSR count). The smallest absolute Gasteiger partial charge is 0.241 e. The fraction of sp³-hybridized carbons (Fsp3) is 0.944. The second kappa shape index (κ2) is 7.62. The van der Waals surface area contributed by atoms with Gasteiger partial charge in [0, 0.05) is 6.54 Å². The van der Waals surface area contributed by atoms with Crippen LogP contribution < -0.4 is 5.32 Å². The zero-order valence-electron chi connectivity index (χ0n) is 14.4. The minimum absolute atomic E-state index is 0.0627. The highest BCUT2D eigenvalue weighted by Gasteiger charge is 2.39. The summed E-state index contributed by atoms with van der Waals surface area (Å²) in [4.78, 5) is 14.8. The highest BCUT2D eigenvalue weighted by Crippen LogP contribution is 2.31. The molecule has 0 aromatic rings. The van der Waals surface area contributed by atoms with Crippen molar-refractivity contribution >= 4 is 5.91 Å². The minimum atomic E-state index is 0.0627. The average molecular weight is 294 g/mol. The number of carbonyl (C=O) groups is 1. The van der Waals surface area contributed by atoms with E-state index in [-0.39, 0.29) is 12.2 Å². The molecule has 2 fully saturated rings. The molecule has 1 saturated heterocycles. The summed E-state index contributed by atoms with van der Waals surface area (Å²) < 4.78 is 0. The van der Waals surface area contributed by atoms with Crippen LogP contribution in [0.25, 0.3) is 0 Å². The zero-order chi connectivity index (χ0) is 15.4. The summed E-state index contributed by atoms with van der Waals surface area (Å²) in [7, 11) is 0. The molecule has 0 bridgehead atoms. The lowest BCUT2D eigenvalue weighted by Crippen LogP contribution is -2.42. The summed E-state index contributed by atoms with van der Waals surface area (Å²) in [5, 5.41) is 3.56. The Hall–Kier alpha value is -0.570. The quantitative estimate of drug-likeness (QED) is 0.808. The molecule has 1 heterocycles. The summed E-state index contributed by atoms with van der Waals surface area (Å²) in [6.45, 7) is 9.92. The molecule has 4 atom stereocenters. The summed E-state index contributed by atoms with van der Waals surface area (Å²) in [6, 6.07) is 0.0627. The standard InChI is InChI=1S/C18H34N2O/c1-5-7-16-18(21)20(17(19-16)13(2)3)11-10-15-9-6-8-14(4)12-15/h13-17,19H,5-12H2,1-4H3. The lowest BCUT2D eigenvalue weighted by Gasteiger charge is -2.31. The Morgan fingerprint density at radius 1 is 1.29 bits per heavy atom. The summed E-state index contributed by atoms with van der Waals surface area (Å²) in [6.07, 6.45) is 8.99. The highest BCUT2D eigenvalue weighted by atomic mass is 16.2. The van der Waals surface area contributed by atoms with Gasteiger partial charge in [-0.1, -0.05) is 53.4 Å². The van der Waals surface area contributed by atoms with Crippen LogP contribution >= 0.6 is 0 Å². The van der Waals surface area contributed by atoms with Crippen molar-refractivity contribution < 1.29 is 4.79 Å². The number of amides is 1. The number of nitrogens with one attached hydrogen (secondary N) is 1. The molecule has 1 N–H and O–H groups in total. The van der Waals surface area contributed by atoms with Crippen LogP contribution in [-0.2, 0) is 4.79 Å². The molecule has 3 heteroatoms. The summed E-state index contributed by atoms with van der Waals surface area (Å²) >= 11 is 0. The second-order valence-corrected chi connectivity index (χ2v) is 7.65.